The fourth-order valence-electron chi connectivity index (χ4n) is 6.51. The van der Waals surface area contributed by atoms with Gasteiger partial charge in [0.05, 0.1) is 23.5 Å². The molecule has 5 atom stereocenters. The second-order valence-corrected chi connectivity index (χ2v) is 11.0. The molecule has 2 aromatic rings. The van der Waals surface area contributed by atoms with E-state index in [1.54, 1.807) is 18.4 Å². The van der Waals surface area contributed by atoms with Crippen LogP contribution in [0, 0.1) is 22.2 Å². The molecule has 0 bridgehead atoms. The van der Waals surface area contributed by atoms with E-state index in [2.05, 4.69) is 6.92 Å². The smallest absolute Gasteiger partial charge is 0.343 e. The Morgan fingerprint density at radius 2 is 1.83 bits per heavy atom. The second-order valence-electron chi connectivity index (χ2n) is 11.0. The molecule has 8 nitrogen and oxygen atoms in total. The van der Waals surface area contributed by atoms with Crippen molar-refractivity contribution in [3.05, 3.63) is 71.4 Å². The van der Waals surface area contributed by atoms with Crippen molar-refractivity contribution in [2.24, 2.45) is 27.9 Å². The van der Waals surface area contributed by atoms with Gasteiger partial charge in [0.15, 0.2) is 5.76 Å². The van der Waals surface area contributed by atoms with Crippen LogP contribution in [-0.4, -0.2) is 23.6 Å². The Labute approximate surface area is 208 Å². The van der Waals surface area contributed by atoms with E-state index in [1.807, 2.05) is 13.8 Å². The Balaban J connectivity index is 1.48. The van der Waals surface area contributed by atoms with Crippen molar-refractivity contribution in [3.63, 3.8) is 0 Å². The monoisotopic (exact) mass is 491 g/mol. The van der Waals surface area contributed by atoms with E-state index in [4.69, 9.17) is 19.6 Å². The van der Waals surface area contributed by atoms with Crippen LogP contribution in [-0.2, 0) is 19.1 Å². The summed E-state index contributed by atoms with van der Waals surface area (Å²) < 4.78 is 16.7. The summed E-state index contributed by atoms with van der Waals surface area (Å²) in [5.41, 5.74) is 4.35. The zero-order chi connectivity index (χ0) is 25.9. The predicted molar refractivity (Wildman–Crippen MR) is 127 cm³/mol. The molecule has 2 aliphatic carbocycles. The van der Waals surface area contributed by atoms with Gasteiger partial charge in [-0.3, -0.25) is 14.4 Å². The van der Waals surface area contributed by atoms with E-state index in [1.165, 1.54) is 30.5 Å². The van der Waals surface area contributed by atoms with E-state index in [0.29, 0.717) is 25.7 Å². The lowest BCUT2D eigenvalue weighted by molar-refractivity contribution is -0.214. The third-order valence-electron chi connectivity index (χ3n) is 8.86. The number of carbonyl (C=O) groups excluding carboxylic acids is 4. The van der Waals surface area contributed by atoms with Crippen LogP contribution < -0.4 is 5.73 Å². The minimum Gasteiger partial charge on any atom is -0.472 e. The summed E-state index contributed by atoms with van der Waals surface area (Å²) in [4.78, 5) is 51.8. The van der Waals surface area contributed by atoms with Crippen LogP contribution >= 0.6 is 0 Å². The number of esters is 2. The molecule has 1 aromatic carbocycles. The second kappa shape index (κ2) is 8.18. The number of amides is 1. The van der Waals surface area contributed by atoms with Crippen LogP contribution in [0.2, 0.25) is 0 Å². The Morgan fingerprint density at radius 1 is 1.08 bits per heavy atom. The number of allylic oxidation sites excluding steroid dienone is 2. The number of benzene rings is 1. The normalized spacial score (nSPS) is 33.6. The molecule has 2 heterocycles. The van der Waals surface area contributed by atoms with Gasteiger partial charge in [0, 0.05) is 17.0 Å². The van der Waals surface area contributed by atoms with Crippen LogP contribution in [0.15, 0.2) is 59.1 Å². The first-order chi connectivity index (χ1) is 17.0. The molecule has 3 aliphatic rings. The number of cyclic esters (lactones) is 1. The highest BCUT2D eigenvalue weighted by Crippen LogP contribution is 2.68. The number of primary amides is 1. The Morgan fingerprint density at radius 3 is 2.53 bits per heavy atom. The molecule has 8 heteroatoms. The summed E-state index contributed by atoms with van der Waals surface area (Å²) in [6.45, 7) is 5.94. The number of hydrogen-bond acceptors (Lipinski definition) is 7. The molecule has 1 amide bonds. The molecule has 5 rings (SSSR count). The maximum atomic E-state index is 14.0. The van der Waals surface area contributed by atoms with E-state index < -0.39 is 40.1 Å². The van der Waals surface area contributed by atoms with Crippen molar-refractivity contribution in [2.45, 2.75) is 52.6 Å². The van der Waals surface area contributed by atoms with Crippen molar-refractivity contribution in [1.82, 2.24) is 0 Å². The number of Topliss-reactive ketones (excluding diaryl/α,β-unsaturated/α-hetero) is 1. The maximum Gasteiger partial charge on any atom is 0.343 e. The quantitative estimate of drug-likeness (QED) is 0.624. The molecule has 188 valence electrons. The van der Waals surface area contributed by atoms with Gasteiger partial charge in [0.2, 0.25) is 11.7 Å². The molecule has 0 radical (unpaired) electrons. The lowest BCUT2D eigenvalue weighted by atomic mass is 9.41. The first kappa shape index (κ1) is 24.0. The van der Waals surface area contributed by atoms with Crippen LogP contribution in [0.25, 0.3) is 0 Å². The number of ether oxygens (including phenoxy) is 2. The van der Waals surface area contributed by atoms with Gasteiger partial charge in [0.1, 0.15) is 6.10 Å². The number of furan rings is 1. The molecular formula is C28H29NO7. The summed E-state index contributed by atoms with van der Waals surface area (Å²) in [7, 11) is 0. The zero-order valence-corrected chi connectivity index (χ0v) is 20.5. The molecule has 1 saturated heterocycles. The van der Waals surface area contributed by atoms with Crippen molar-refractivity contribution >= 4 is 23.6 Å². The van der Waals surface area contributed by atoms with Gasteiger partial charge in [-0.15, -0.1) is 0 Å². The number of ketones is 1. The summed E-state index contributed by atoms with van der Waals surface area (Å²) in [5.74, 6) is -2.62. The first-order valence-corrected chi connectivity index (χ1v) is 12.1. The first-order valence-electron chi connectivity index (χ1n) is 12.1. The van der Waals surface area contributed by atoms with Crippen LogP contribution in [0.5, 0.6) is 0 Å². The molecule has 1 aliphatic heterocycles. The van der Waals surface area contributed by atoms with Gasteiger partial charge in [-0.1, -0.05) is 19.9 Å². The van der Waals surface area contributed by atoms with Gasteiger partial charge in [-0.05, 0) is 73.8 Å². The minimum absolute atomic E-state index is 0.0313. The summed E-state index contributed by atoms with van der Waals surface area (Å²) in [6.07, 6.45) is 6.48. The van der Waals surface area contributed by atoms with Crippen molar-refractivity contribution in [3.8, 4) is 0 Å². The standard InChI is InChI=1S/C28H29NO7/c1-26-9-7-19(35-24(32)17-6-4-5-16(13-17)23(29)31)21(30)22(26)28(3)14-20(18-8-12-34-15-18)36-25(33)27(28,2)11-10-26/h4-8,12-13,15,20,22H,9-11,14H2,1-3H3,(H2,29,31)/t20-,22-,26+,27-,28+/m0/s1. The molecule has 2 N–H and O–H groups in total. The summed E-state index contributed by atoms with van der Waals surface area (Å²) in [6, 6.07) is 7.63. The fourth-order valence-corrected chi connectivity index (χ4v) is 6.51. The van der Waals surface area contributed by atoms with Crippen LogP contribution in [0.4, 0.5) is 0 Å². The predicted octanol–water partition coefficient (Wildman–Crippen LogP) is 4.51. The van der Waals surface area contributed by atoms with Gasteiger partial charge < -0.3 is 19.6 Å². The third kappa shape index (κ3) is 3.50. The number of rotatable bonds is 4. The van der Waals surface area contributed by atoms with Crippen molar-refractivity contribution in [1.29, 1.82) is 0 Å². The number of hydrogen-bond donors (Lipinski definition) is 1. The Kier molecular flexibility index (Phi) is 5.46. The lowest BCUT2D eigenvalue weighted by Crippen LogP contribution is -2.63. The topological polar surface area (TPSA) is 126 Å². The molecule has 2 fully saturated rings. The molecular weight excluding hydrogens is 462 g/mol. The average molecular weight is 492 g/mol. The molecule has 1 saturated carbocycles. The van der Waals surface area contributed by atoms with Gasteiger partial charge in [-0.2, -0.15) is 0 Å². The summed E-state index contributed by atoms with van der Waals surface area (Å²) >= 11 is 0. The van der Waals surface area contributed by atoms with Gasteiger partial charge in [-0.25, -0.2) is 4.79 Å². The Bertz CT molecular complexity index is 1290. The highest BCUT2D eigenvalue weighted by Gasteiger charge is 2.68. The van der Waals surface area contributed by atoms with Crippen molar-refractivity contribution < 1.29 is 33.1 Å². The van der Waals surface area contributed by atoms with Gasteiger partial charge >= 0.3 is 11.9 Å². The number of nitrogens with two attached hydrogens (primary N) is 1. The lowest BCUT2D eigenvalue weighted by Gasteiger charge is -2.62. The average Bonchev–Trinajstić information content (AvgIpc) is 3.38. The van der Waals surface area contributed by atoms with E-state index in [-0.39, 0.29) is 28.6 Å². The SMILES string of the molecule is C[C@]12CC=C(OC(=O)c3cccc(C(N)=O)c3)C(=O)[C@@H]1[C@@]1(C)C[C@@H](c3ccoc3)OC(=O)[C@]1(C)CC2. The molecule has 0 spiro atoms. The highest BCUT2D eigenvalue weighted by atomic mass is 16.6. The van der Waals surface area contributed by atoms with E-state index >= 15 is 0 Å². The van der Waals surface area contributed by atoms with E-state index in [0.717, 1.165) is 5.56 Å². The minimum atomic E-state index is -0.866. The highest BCUT2D eigenvalue weighted by molar-refractivity contribution is 6.03. The van der Waals surface area contributed by atoms with Gasteiger partial charge in [0.25, 0.3) is 0 Å². The molecule has 0 unspecified atom stereocenters. The van der Waals surface area contributed by atoms with Crippen LogP contribution in [0.3, 0.4) is 0 Å². The maximum absolute atomic E-state index is 14.0. The number of fused-ring (bicyclic) bond motifs is 3. The third-order valence-corrected chi connectivity index (χ3v) is 8.86. The zero-order valence-electron chi connectivity index (χ0n) is 20.5. The largest absolute Gasteiger partial charge is 0.472 e. The number of carbonyl (C=O) groups is 4. The van der Waals surface area contributed by atoms with Crippen LogP contribution in [0.1, 0.15) is 78.8 Å². The van der Waals surface area contributed by atoms with E-state index in [9.17, 15) is 19.2 Å². The Hall–Kier alpha value is -3.68. The molecule has 36 heavy (non-hydrogen) atoms. The fraction of sp³-hybridized carbons (Fsp3) is 0.429. The van der Waals surface area contributed by atoms with Crippen molar-refractivity contribution in [2.75, 3.05) is 0 Å². The summed E-state index contributed by atoms with van der Waals surface area (Å²) in [5, 5.41) is 0. The molecule has 1 aromatic heterocycles.